The van der Waals surface area contributed by atoms with Crippen molar-refractivity contribution in [3.8, 4) is 0 Å². The van der Waals surface area contributed by atoms with Gasteiger partial charge in [0.25, 0.3) is 0 Å². The lowest BCUT2D eigenvalue weighted by Crippen LogP contribution is -2.43. The second-order valence-electron chi connectivity index (χ2n) is 6.50. The second kappa shape index (κ2) is 6.15. The van der Waals surface area contributed by atoms with Crippen molar-refractivity contribution in [2.24, 2.45) is 0 Å². The standard InChI is InChI=1S/C20H22FNO/c1-15-8-10-18(11-9-15)22(2)19(23)20(12-3-4-13-20)16-6-5-7-17(21)14-16/h5-11,14H,3-4,12-13H2,1-2H3. The molecule has 0 unspecified atom stereocenters. The van der Waals surface area contributed by atoms with E-state index in [0.717, 1.165) is 42.5 Å². The first-order valence-electron chi connectivity index (χ1n) is 8.14. The number of aryl methyl sites for hydroxylation is 1. The lowest BCUT2D eigenvalue weighted by molar-refractivity contribution is -0.123. The van der Waals surface area contributed by atoms with Crippen LogP contribution in [-0.4, -0.2) is 13.0 Å². The number of likely N-dealkylation sites (N-methyl/N-ethyl adjacent to an activating group) is 1. The molecule has 1 amide bonds. The molecule has 0 aromatic heterocycles. The number of carbonyl (C=O) groups is 1. The number of hydrogen-bond donors (Lipinski definition) is 0. The first-order valence-corrected chi connectivity index (χ1v) is 8.14. The van der Waals surface area contributed by atoms with E-state index >= 15 is 0 Å². The predicted molar refractivity (Wildman–Crippen MR) is 91.1 cm³/mol. The van der Waals surface area contributed by atoms with Crippen molar-refractivity contribution in [1.29, 1.82) is 0 Å². The molecule has 3 heteroatoms. The number of halogens is 1. The third-order valence-electron chi connectivity index (χ3n) is 4.97. The summed E-state index contributed by atoms with van der Waals surface area (Å²) >= 11 is 0. The third kappa shape index (κ3) is 2.88. The molecule has 0 N–H and O–H groups in total. The van der Waals surface area contributed by atoms with E-state index in [1.807, 2.05) is 44.3 Å². The molecule has 1 aliphatic rings. The average Bonchev–Trinajstić information content (AvgIpc) is 3.05. The molecular formula is C20H22FNO. The van der Waals surface area contributed by atoms with Gasteiger partial charge in [-0.2, -0.15) is 0 Å². The zero-order valence-corrected chi connectivity index (χ0v) is 13.7. The Bertz CT molecular complexity index is 702. The van der Waals surface area contributed by atoms with E-state index in [1.54, 1.807) is 11.0 Å². The average molecular weight is 311 g/mol. The van der Waals surface area contributed by atoms with Gasteiger partial charge < -0.3 is 4.90 Å². The number of amides is 1. The minimum atomic E-state index is -0.595. The summed E-state index contributed by atoms with van der Waals surface area (Å²) < 4.78 is 13.7. The van der Waals surface area contributed by atoms with E-state index in [4.69, 9.17) is 0 Å². The van der Waals surface area contributed by atoms with Crippen LogP contribution >= 0.6 is 0 Å². The highest BCUT2D eigenvalue weighted by Gasteiger charge is 2.44. The molecule has 0 spiro atoms. The van der Waals surface area contributed by atoms with Gasteiger partial charge in [0.05, 0.1) is 5.41 Å². The molecule has 23 heavy (non-hydrogen) atoms. The maximum atomic E-state index is 13.7. The fraction of sp³-hybridized carbons (Fsp3) is 0.350. The highest BCUT2D eigenvalue weighted by atomic mass is 19.1. The lowest BCUT2D eigenvalue weighted by Gasteiger charge is -2.33. The molecule has 0 aliphatic heterocycles. The molecular weight excluding hydrogens is 289 g/mol. The van der Waals surface area contributed by atoms with Crippen LogP contribution in [0, 0.1) is 12.7 Å². The number of anilines is 1. The van der Waals surface area contributed by atoms with Crippen molar-refractivity contribution >= 4 is 11.6 Å². The predicted octanol–water partition coefficient (Wildman–Crippen LogP) is 4.61. The normalized spacial score (nSPS) is 16.3. The van der Waals surface area contributed by atoms with E-state index in [9.17, 15) is 9.18 Å². The van der Waals surface area contributed by atoms with Crippen LogP contribution in [0.1, 0.15) is 36.8 Å². The molecule has 1 saturated carbocycles. The van der Waals surface area contributed by atoms with E-state index in [2.05, 4.69) is 0 Å². The minimum Gasteiger partial charge on any atom is -0.315 e. The van der Waals surface area contributed by atoms with Crippen molar-refractivity contribution in [2.45, 2.75) is 38.0 Å². The maximum Gasteiger partial charge on any atom is 0.237 e. The van der Waals surface area contributed by atoms with Gasteiger partial charge in [0.2, 0.25) is 5.91 Å². The summed E-state index contributed by atoms with van der Waals surface area (Å²) in [6.45, 7) is 2.02. The number of hydrogen-bond acceptors (Lipinski definition) is 1. The molecule has 120 valence electrons. The van der Waals surface area contributed by atoms with Crippen LogP contribution in [0.2, 0.25) is 0 Å². The molecule has 0 saturated heterocycles. The highest BCUT2D eigenvalue weighted by molar-refractivity contribution is 6.01. The maximum absolute atomic E-state index is 13.7. The Hall–Kier alpha value is -2.16. The van der Waals surface area contributed by atoms with Crippen LogP contribution in [0.5, 0.6) is 0 Å². The fourth-order valence-corrected chi connectivity index (χ4v) is 3.60. The van der Waals surface area contributed by atoms with Gasteiger partial charge in [-0.1, -0.05) is 42.7 Å². The summed E-state index contributed by atoms with van der Waals surface area (Å²) in [7, 11) is 1.81. The largest absolute Gasteiger partial charge is 0.315 e. The fourth-order valence-electron chi connectivity index (χ4n) is 3.60. The van der Waals surface area contributed by atoms with E-state index in [1.165, 1.54) is 12.1 Å². The lowest BCUT2D eigenvalue weighted by atomic mass is 9.77. The highest BCUT2D eigenvalue weighted by Crippen LogP contribution is 2.43. The number of carbonyl (C=O) groups excluding carboxylic acids is 1. The monoisotopic (exact) mass is 311 g/mol. The minimum absolute atomic E-state index is 0.0597. The molecule has 3 rings (SSSR count). The molecule has 0 bridgehead atoms. The van der Waals surface area contributed by atoms with Crippen molar-refractivity contribution in [1.82, 2.24) is 0 Å². The molecule has 0 atom stereocenters. The van der Waals surface area contributed by atoms with E-state index in [-0.39, 0.29) is 11.7 Å². The SMILES string of the molecule is Cc1ccc(N(C)C(=O)C2(c3cccc(F)c3)CCCC2)cc1. The number of nitrogens with zero attached hydrogens (tertiary/aromatic N) is 1. The van der Waals surface area contributed by atoms with Crippen LogP contribution in [-0.2, 0) is 10.2 Å². The molecule has 2 aromatic carbocycles. The third-order valence-corrected chi connectivity index (χ3v) is 4.97. The number of rotatable bonds is 3. The molecule has 2 nitrogen and oxygen atoms in total. The van der Waals surface area contributed by atoms with Crippen LogP contribution in [0.25, 0.3) is 0 Å². The first kappa shape index (κ1) is 15.7. The Morgan fingerprint density at radius 3 is 2.35 bits per heavy atom. The van der Waals surface area contributed by atoms with Gasteiger partial charge in [0.1, 0.15) is 5.82 Å². The number of benzene rings is 2. The Balaban J connectivity index is 1.97. The Morgan fingerprint density at radius 1 is 1.09 bits per heavy atom. The quantitative estimate of drug-likeness (QED) is 0.810. The summed E-state index contributed by atoms with van der Waals surface area (Å²) in [5.74, 6) is -0.219. The molecule has 0 radical (unpaired) electrons. The topological polar surface area (TPSA) is 20.3 Å². The Labute approximate surface area is 136 Å². The van der Waals surface area contributed by atoms with Crippen molar-refractivity contribution in [3.63, 3.8) is 0 Å². The van der Waals surface area contributed by atoms with Crippen LogP contribution in [0.3, 0.4) is 0 Å². The van der Waals surface area contributed by atoms with Gasteiger partial charge in [-0.25, -0.2) is 4.39 Å². The smallest absolute Gasteiger partial charge is 0.237 e. The summed E-state index contributed by atoms with van der Waals surface area (Å²) in [4.78, 5) is 15.0. The van der Waals surface area contributed by atoms with Gasteiger partial charge in [-0.15, -0.1) is 0 Å². The van der Waals surface area contributed by atoms with E-state index in [0.29, 0.717) is 0 Å². The molecule has 0 heterocycles. The molecule has 1 fully saturated rings. The van der Waals surface area contributed by atoms with Crippen molar-refractivity contribution in [3.05, 3.63) is 65.5 Å². The van der Waals surface area contributed by atoms with E-state index < -0.39 is 5.41 Å². The Kier molecular flexibility index (Phi) is 4.20. The van der Waals surface area contributed by atoms with Crippen LogP contribution in [0.4, 0.5) is 10.1 Å². The van der Waals surface area contributed by atoms with Gasteiger partial charge in [0.15, 0.2) is 0 Å². The molecule has 2 aromatic rings. The van der Waals surface area contributed by atoms with Crippen LogP contribution in [0.15, 0.2) is 48.5 Å². The van der Waals surface area contributed by atoms with Crippen molar-refractivity contribution < 1.29 is 9.18 Å². The van der Waals surface area contributed by atoms with Gasteiger partial charge in [0, 0.05) is 12.7 Å². The summed E-state index contributed by atoms with van der Waals surface area (Å²) in [5.41, 5.74) is 2.25. The van der Waals surface area contributed by atoms with Gasteiger partial charge in [-0.3, -0.25) is 4.79 Å². The Morgan fingerprint density at radius 2 is 1.74 bits per heavy atom. The zero-order valence-electron chi connectivity index (χ0n) is 13.7. The van der Waals surface area contributed by atoms with Gasteiger partial charge >= 0.3 is 0 Å². The van der Waals surface area contributed by atoms with Crippen LogP contribution < -0.4 is 4.90 Å². The first-order chi connectivity index (χ1) is 11.0. The van der Waals surface area contributed by atoms with Gasteiger partial charge in [-0.05, 0) is 49.6 Å². The summed E-state index contributed by atoms with van der Waals surface area (Å²) in [6, 6.07) is 14.5. The molecule has 1 aliphatic carbocycles. The zero-order chi connectivity index (χ0) is 16.4. The summed E-state index contributed by atoms with van der Waals surface area (Å²) in [6.07, 6.45) is 3.57. The van der Waals surface area contributed by atoms with Crippen molar-refractivity contribution in [2.75, 3.05) is 11.9 Å². The summed E-state index contributed by atoms with van der Waals surface area (Å²) in [5, 5.41) is 0. The second-order valence-corrected chi connectivity index (χ2v) is 6.50.